The summed E-state index contributed by atoms with van der Waals surface area (Å²) in [6, 6.07) is 0. The maximum absolute atomic E-state index is 9.74. The van der Waals surface area contributed by atoms with E-state index in [1.54, 1.807) is 0 Å². The zero-order valence-corrected chi connectivity index (χ0v) is 12.3. The van der Waals surface area contributed by atoms with Gasteiger partial charge in [0, 0.05) is 6.54 Å². The standard InChI is InChI=1S/C13H27NO7/c1-2-3-4-14-5-8(16)7-20-13-12(19)11(18)10(17)9(6-15)21-13/h8-19H,2-7H2,1H3/t8?,9-,10+,11+,12-,13-/m1/s1. The number of aliphatic hydroxyl groups is 5. The molecular weight excluding hydrogens is 282 g/mol. The molecule has 0 aromatic rings. The van der Waals surface area contributed by atoms with Crippen molar-refractivity contribution >= 4 is 0 Å². The third-order valence-corrected chi connectivity index (χ3v) is 3.39. The summed E-state index contributed by atoms with van der Waals surface area (Å²) in [5.41, 5.74) is 0. The number of unbranched alkanes of at least 4 members (excludes halogenated alkanes) is 1. The lowest BCUT2D eigenvalue weighted by atomic mass is 9.99. The Kier molecular flexibility index (Phi) is 8.60. The molecule has 6 N–H and O–H groups in total. The Bertz CT molecular complexity index is 279. The minimum Gasteiger partial charge on any atom is -0.394 e. The summed E-state index contributed by atoms with van der Waals surface area (Å²) >= 11 is 0. The molecule has 0 saturated carbocycles. The Morgan fingerprint density at radius 2 is 1.90 bits per heavy atom. The van der Waals surface area contributed by atoms with Crippen molar-refractivity contribution in [3.05, 3.63) is 0 Å². The molecule has 8 nitrogen and oxygen atoms in total. The van der Waals surface area contributed by atoms with Crippen molar-refractivity contribution in [2.45, 2.75) is 56.6 Å². The first-order chi connectivity index (χ1) is 10.0. The normalized spacial score (nSPS) is 34.9. The van der Waals surface area contributed by atoms with Gasteiger partial charge in [-0.3, -0.25) is 0 Å². The molecule has 1 heterocycles. The predicted molar refractivity (Wildman–Crippen MR) is 73.5 cm³/mol. The summed E-state index contributed by atoms with van der Waals surface area (Å²) in [6.07, 6.45) is -5.24. The molecule has 0 aromatic carbocycles. The van der Waals surface area contributed by atoms with Crippen molar-refractivity contribution in [3.8, 4) is 0 Å². The molecule has 0 radical (unpaired) electrons. The van der Waals surface area contributed by atoms with Gasteiger partial charge in [-0.25, -0.2) is 0 Å². The van der Waals surface area contributed by atoms with E-state index in [-0.39, 0.29) is 6.61 Å². The minimum atomic E-state index is -1.47. The summed E-state index contributed by atoms with van der Waals surface area (Å²) in [4.78, 5) is 0. The molecule has 1 fully saturated rings. The predicted octanol–water partition coefficient (Wildman–Crippen LogP) is -2.45. The van der Waals surface area contributed by atoms with Gasteiger partial charge in [-0.15, -0.1) is 0 Å². The summed E-state index contributed by atoms with van der Waals surface area (Å²) < 4.78 is 10.4. The van der Waals surface area contributed by atoms with Crippen molar-refractivity contribution in [3.63, 3.8) is 0 Å². The first kappa shape index (κ1) is 18.7. The molecule has 0 spiro atoms. The van der Waals surface area contributed by atoms with Crippen molar-refractivity contribution in [1.82, 2.24) is 5.32 Å². The van der Waals surface area contributed by atoms with Crippen LogP contribution in [-0.2, 0) is 9.47 Å². The van der Waals surface area contributed by atoms with E-state index in [1.165, 1.54) is 0 Å². The zero-order valence-electron chi connectivity index (χ0n) is 12.3. The molecule has 1 unspecified atom stereocenters. The topological polar surface area (TPSA) is 132 Å². The molecule has 1 aliphatic heterocycles. The Morgan fingerprint density at radius 1 is 1.19 bits per heavy atom. The highest BCUT2D eigenvalue weighted by Gasteiger charge is 2.44. The lowest BCUT2D eigenvalue weighted by Gasteiger charge is -2.39. The van der Waals surface area contributed by atoms with Crippen LogP contribution in [0, 0.1) is 0 Å². The highest BCUT2D eigenvalue weighted by molar-refractivity contribution is 4.88. The second-order valence-electron chi connectivity index (χ2n) is 5.24. The maximum Gasteiger partial charge on any atom is 0.186 e. The van der Waals surface area contributed by atoms with Gasteiger partial charge in [0.05, 0.1) is 19.3 Å². The maximum atomic E-state index is 9.74. The fourth-order valence-electron chi connectivity index (χ4n) is 2.04. The Morgan fingerprint density at radius 3 is 2.52 bits per heavy atom. The van der Waals surface area contributed by atoms with Crippen molar-refractivity contribution < 1.29 is 35.0 Å². The number of ether oxygens (including phenoxy) is 2. The Labute approximate surface area is 124 Å². The van der Waals surface area contributed by atoms with E-state index >= 15 is 0 Å². The van der Waals surface area contributed by atoms with Crippen LogP contribution in [0.3, 0.4) is 0 Å². The summed E-state index contributed by atoms with van der Waals surface area (Å²) in [5, 5.41) is 50.8. The van der Waals surface area contributed by atoms with E-state index in [9.17, 15) is 20.4 Å². The Hall–Kier alpha value is -0.320. The van der Waals surface area contributed by atoms with E-state index in [0.29, 0.717) is 6.54 Å². The summed E-state index contributed by atoms with van der Waals surface area (Å²) in [5.74, 6) is 0. The van der Waals surface area contributed by atoms with Gasteiger partial charge in [0.15, 0.2) is 6.29 Å². The van der Waals surface area contributed by atoms with Gasteiger partial charge in [-0.2, -0.15) is 0 Å². The average molecular weight is 309 g/mol. The van der Waals surface area contributed by atoms with Crippen LogP contribution in [0.4, 0.5) is 0 Å². The van der Waals surface area contributed by atoms with Crippen molar-refractivity contribution in [1.29, 1.82) is 0 Å². The first-order valence-electron chi connectivity index (χ1n) is 7.32. The van der Waals surface area contributed by atoms with Gasteiger partial charge in [0.2, 0.25) is 0 Å². The zero-order chi connectivity index (χ0) is 15.8. The molecule has 1 aliphatic rings. The third kappa shape index (κ3) is 5.76. The fraction of sp³-hybridized carbons (Fsp3) is 1.00. The summed E-state index contributed by atoms with van der Waals surface area (Å²) in [6.45, 7) is 2.61. The van der Waals surface area contributed by atoms with E-state index in [4.69, 9.17) is 14.6 Å². The van der Waals surface area contributed by atoms with Crippen LogP contribution in [0.25, 0.3) is 0 Å². The fourth-order valence-corrected chi connectivity index (χ4v) is 2.04. The molecule has 6 atom stereocenters. The number of hydrogen-bond acceptors (Lipinski definition) is 8. The number of hydrogen-bond donors (Lipinski definition) is 6. The molecule has 21 heavy (non-hydrogen) atoms. The van der Waals surface area contributed by atoms with Crippen LogP contribution >= 0.6 is 0 Å². The third-order valence-electron chi connectivity index (χ3n) is 3.39. The molecule has 0 amide bonds. The number of rotatable bonds is 9. The van der Waals surface area contributed by atoms with Crippen LogP contribution in [0.5, 0.6) is 0 Å². The van der Waals surface area contributed by atoms with Crippen molar-refractivity contribution in [2.24, 2.45) is 0 Å². The SMILES string of the molecule is CCCCNCC(O)CO[C@@H]1O[C@H](CO)[C@H](O)[C@H](O)[C@H]1O. The molecule has 0 bridgehead atoms. The monoisotopic (exact) mass is 309 g/mol. The van der Waals surface area contributed by atoms with Crippen LogP contribution in [0.2, 0.25) is 0 Å². The van der Waals surface area contributed by atoms with E-state index in [1.807, 2.05) is 0 Å². The highest BCUT2D eigenvalue weighted by Crippen LogP contribution is 2.21. The second-order valence-corrected chi connectivity index (χ2v) is 5.24. The average Bonchev–Trinajstić information content (AvgIpc) is 2.48. The van der Waals surface area contributed by atoms with E-state index < -0.39 is 43.4 Å². The quantitative estimate of drug-likeness (QED) is 0.259. The molecule has 0 aliphatic carbocycles. The summed E-state index contributed by atoms with van der Waals surface area (Å²) in [7, 11) is 0. The van der Waals surface area contributed by atoms with Crippen LogP contribution in [0.15, 0.2) is 0 Å². The van der Waals surface area contributed by atoms with Crippen LogP contribution < -0.4 is 5.32 Å². The molecule has 1 rings (SSSR count). The lowest BCUT2D eigenvalue weighted by Crippen LogP contribution is -2.59. The number of nitrogens with one attached hydrogen (secondary N) is 1. The van der Waals surface area contributed by atoms with Gasteiger partial charge in [0.1, 0.15) is 24.4 Å². The lowest BCUT2D eigenvalue weighted by molar-refractivity contribution is -0.304. The van der Waals surface area contributed by atoms with Gasteiger partial charge in [-0.1, -0.05) is 13.3 Å². The molecule has 1 saturated heterocycles. The molecular formula is C13H27NO7. The second kappa shape index (κ2) is 9.65. The number of aliphatic hydroxyl groups excluding tert-OH is 5. The van der Waals surface area contributed by atoms with Gasteiger partial charge in [-0.05, 0) is 13.0 Å². The van der Waals surface area contributed by atoms with E-state index in [0.717, 1.165) is 19.4 Å². The van der Waals surface area contributed by atoms with Gasteiger partial charge < -0.3 is 40.3 Å². The molecule has 8 heteroatoms. The van der Waals surface area contributed by atoms with Gasteiger partial charge in [0.25, 0.3) is 0 Å². The largest absolute Gasteiger partial charge is 0.394 e. The van der Waals surface area contributed by atoms with Crippen molar-refractivity contribution in [2.75, 3.05) is 26.3 Å². The van der Waals surface area contributed by atoms with Crippen LogP contribution in [0.1, 0.15) is 19.8 Å². The first-order valence-corrected chi connectivity index (χ1v) is 7.32. The minimum absolute atomic E-state index is 0.0954. The van der Waals surface area contributed by atoms with E-state index in [2.05, 4.69) is 12.2 Å². The van der Waals surface area contributed by atoms with Gasteiger partial charge >= 0.3 is 0 Å². The molecule has 126 valence electrons. The molecule has 0 aromatic heterocycles. The Balaban J connectivity index is 2.32. The van der Waals surface area contributed by atoms with Crippen LogP contribution in [-0.4, -0.2) is 88.6 Å². The highest BCUT2D eigenvalue weighted by atomic mass is 16.7. The smallest absolute Gasteiger partial charge is 0.186 e.